The highest BCUT2D eigenvalue weighted by atomic mass is 35.5. The van der Waals surface area contributed by atoms with Gasteiger partial charge in [0.1, 0.15) is 6.33 Å². The second-order valence-electron chi connectivity index (χ2n) is 4.25. The van der Waals surface area contributed by atoms with Gasteiger partial charge in [0.25, 0.3) is 0 Å². The molecule has 0 aliphatic heterocycles. The highest BCUT2D eigenvalue weighted by Crippen LogP contribution is 2.32. The third-order valence-electron chi connectivity index (χ3n) is 2.88. The molecular formula is C14H10Cl2N4. The Bertz CT molecular complexity index is 725. The van der Waals surface area contributed by atoms with E-state index in [1.54, 1.807) is 18.6 Å². The number of rotatable bonds is 3. The van der Waals surface area contributed by atoms with E-state index in [1.165, 1.54) is 0 Å². The van der Waals surface area contributed by atoms with Gasteiger partial charge < -0.3 is 4.57 Å². The molecule has 3 aromatic rings. The summed E-state index contributed by atoms with van der Waals surface area (Å²) in [5.74, 6) is 0.682. The molecule has 1 aromatic carbocycles. The molecule has 0 spiro atoms. The van der Waals surface area contributed by atoms with Gasteiger partial charge in [-0.15, -0.1) is 10.2 Å². The van der Waals surface area contributed by atoms with E-state index in [1.807, 2.05) is 35.0 Å². The zero-order valence-corrected chi connectivity index (χ0v) is 11.9. The molecule has 0 aliphatic rings. The van der Waals surface area contributed by atoms with E-state index in [2.05, 4.69) is 15.2 Å². The molecular weight excluding hydrogens is 295 g/mol. The summed E-state index contributed by atoms with van der Waals surface area (Å²) in [6.07, 6.45) is 5.22. The summed E-state index contributed by atoms with van der Waals surface area (Å²) in [6, 6.07) is 9.35. The zero-order chi connectivity index (χ0) is 13.9. The molecule has 0 amide bonds. The van der Waals surface area contributed by atoms with Crippen LogP contribution in [0.5, 0.6) is 0 Å². The van der Waals surface area contributed by atoms with E-state index in [0.717, 1.165) is 11.1 Å². The lowest BCUT2D eigenvalue weighted by Crippen LogP contribution is -2.01. The van der Waals surface area contributed by atoms with Crippen LogP contribution in [0, 0.1) is 0 Å². The monoisotopic (exact) mass is 304 g/mol. The average molecular weight is 305 g/mol. The van der Waals surface area contributed by atoms with Gasteiger partial charge in [-0.3, -0.25) is 4.98 Å². The molecule has 2 aromatic heterocycles. The van der Waals surface area contributed by atoms with Crippen molar-refractivity contribution in [2.45, 2.75) is 6.54 Å². The van der Waals surface area contributed by atoms with Gasteiger partial charge in [0.15, 0.2) is 5.82 Å². The summed E-state index contributed by atoms with van der Waals surface area (Å²) >= 11 is 12.3. The number of benzene rings is 1. The Morgan fingerprint density at radius 1 is 1.10 bits per heavy atom. The highest BCUT2D eigenvalue weighted by molar-refractivity contribution is 6.43. The van der Waals surface area contributed by atoms with Crippen molar-refractivity contribution in [3.05, 3.63) is 64.7 Å². The molecule has 0 bridgehead atoms. The van der Waals surface area contributed by atoms with Crippen LogP contribution in [0.4, 0.5) is 0 Å². The SMILES string of the molecule is Clc1cccc(-c2nncn2Cc2cccnc2)c1Cl. The molecule has 6 heteroatoms. The fraction of sp³-hybridized carbons (Fsp3) is 0.0714. The summed E-state index contributed by atoms with van der Waals surface area (Å²) in [5.41, 5.74) is 1.83. The van der Waals surface area contributed by atoms with Gasteiger partial charge in [0.2, 0.25) is 0 Å². The lowest BCUT2D eigenvalue weighted by molar-refractivity contribution is 0.799. The molecule has 100 valence electrons. The summed E-state index contributed by atoms with van der Waals surface area (Å²) in [5, 5.41) is 9.07. The second kappa shape index (κ2) is 5.61. The highest BCUT2D eigenvalue weighted by Gasteiger charge is 2.13. The quantitative estimate of drug-likeness (QED) is 0.741. The predicted octanol–water partition coefficient (Wildman–Crippen LogP) is 3.70. The minimum absolute atomic E-state index is 0.481. The van der Waals surface area contributed by atoms with Crippen LogP contribution in [-0.2, 0) is 6.54 Å². The molecule has 0 unspecified atom stereocenters. The summed E-state index contributed by atoms with van der Waals surface area (Å²) in [4.78, 5) is 4.10. The molecule has 0 saturated heterocycles. The van der Waals surface area contributed by atoms with Crippen molar-refractivity contribution in [3.63, 3.8) is 0 Å². The summed E-state index contributed by atoms with van der Waals surface area (Å²) in [7, 11) is 0. The Labute approximate surface area is 126 Å². The Kier molecular flexibility index (Phi) is 3.67. The number of halogens is 2. The van der Waals surface area contributed by atoms with Gasteiger partial charge >= 0.3 is 0 Å². The van der Waals surface area contributed by atoms with Crippen molar-refractivity contribution in [2.75, 3.05) is 0 Å². The lowest BCUT2D eigenvalue weighted by Gasteiger charge is -2.08. The number of aromatic nitrogens is 4. The van der Waals surface area contributed by atoms with Crippen LogP contribution >= 0.6 is 23.2 Å². The maximum Gasteiger partial charge on any atom is 0.165 e. The van der Waals surface area contributed by atoms with Crippen molar-refractivity contribution in [1.82, 2.24) is 19.7 Å². The Morgan fingerprint density at radius 3 is 2.80 bits per heavy atom. The fourth-order valence-electron chi connectivity index (χ4n) is 1.94. The minimum atomic E-state index is 0.481. The number of nitrogens with zero attached hydrogens (tertiary/aromatic N) is 4. The zero-order valence-electron chi connectivity index (χ0n) is 10.4. The van der Waals surface area contributed by atoms with E-state index in [9.17, 15) is 0 Å². The van der Waals surface area contributed by atoms with Gasteiger partial charge in [0, 0.05) is 18.0 Å². The molecule has 0 radical (unpaired) electrons. The normalized spacial score (nSPS) is 10.7. The fourth-order valence-corrected chi connectivity index (χ4v) is 2.33. The maximum atomic E-state index is 6.23. The van der Waals surface area contributed by atoms with E-state index in [4.69, 9.17) is 23.2 Å². The molecule has 0 atom stereocenters. The molecule has 0 fully saturated rings. The number of hydrogen-bond acceptors (Lipinski definition) is 3. The Balaban J connectivity index is 2.00. The van der Waals surface area contributed by atoms with Crippen LogP contribution in [0.15, 0.2) is 49.1 Å². The summed E-state index contributed by atoms with van der Waals surface area (Å²) < 4.78 is 1.91. The van der Waals surface area contributed by atoms with Crippen LogP contribution < -0.4 is 0 Å². The van der Waals surface area contributed by atoms with Crippen LogP contribution in [0.3, 0.4) is 0 Å². The molecule has 4 nitrogen and oxygen atoms in total. The van der Waals surface area contributed by atoms with Crippen molar-refractivity contribution < 1.29 is 0 Å². The number of pyridine rings is 1. The standard InChI is InChI=1S/C14H10Cl2N4/c15-12-5-1-4-11(13(12)16)14-19-18-9-20(14)8-10-3-2-6-17-7-10/h1-7,9H,8H2. The third-order valence-corrected chi connectivity index (χ3v) is 3.70. The van der Waals surface area contributed by atoms with Crippen LogP contribution in [-0.4, -0.2) is 19.7 Å². The third kappa shape index (κ3) is 2.53. The van der Waals surface area contributed by atoms with Crippen molar-refractivity contribution in [3.8, 4) is 11.4 Å². The van der Waals surface area contributed by atoms with Crippen LogP contribution in [0.2, 0.25) is 10.0 Å². The average Bonchev–Trinajstić information content (AvgIpc) is 2.91. The first-order chi connectivity index (χ1) is 9.75. The second-order valence-corrected chi connectivity index (χ2v) is 5.03. The van der Waals surface area contributed by atoms with E-state index >= 15 is 0 Å². The lowest BCUT2D eigenvalue weighted by atomic mass is 10.2. The van der Waals surface area contributed by atoms with E-state index < -0.39 is 0 Å². The van der Waals surface area contributed by atoms with Crippen molar-refractivity contribution in [1.29, 1.82) is 0 Å². The first kappa shape index (κ1) is 13.1. The minimum Gasteiger partial charge on any atom is -0.309 e. The molecule has 0 saturated carbocycles. The predicted molar refractivity (Wildman–Crippen MR) is 78.8 cm³/mol. The van der Waals surface area contributed by atoms with Gasteiger partial charge in [0.05, 0.1) is 16.6 Å². The maximum absolute atomic E-state index is 6.23. The first-order valence-electron chi connectivity index (χ1n) is 5.97. The van der Waals surface area contributed by atoms with Crippen LogP contribution in [0.25, 0.3) is 11.4 Å². The molecule has 2 heterocycles. The van der Waals surface area contributed by atoms with Gasteiger partial charge in [-0.25, -0.2) is 0 Å². The van der Waals surface area contributed by atoms with Gasteiger partial charge in [-0.2, -0.15) is 0 Å². The number of hydrogen-bond donors (Lipinski definition) is 0. The molecule has 3 rings (SSSR count). The largest absolute Gasteiger partial charge is 0.309 e. The smallest absolute Gasteiger partial charge is 0.165 e. The van der Waals surface area contributed by atoms with E-state index in [0.29, 0.717) is 22.4 Å². The first-order valence-corrected chi connectivity index (χ1v) is 6.72. The Morgan fingerprint density at radius 2 is 2.00 bits per heavy atom. The summed E-state index contributed by atoms with van der Waals surface area (Å²) in [6.45, 7) is 0.624. The van der Waals surface area contributed by atoms with Gasteiger partial charge in [-0.05, 0) is 23.8 Å². The Hall–Kier alpha value is -1.91. The molecule has 0 N–H and O–H groups in total. The molecule has 20 heavy (non-hydrogen) atoms. The van der Waals surface area contributed by atoms with Gasteiger partial charge in [-0.1, -0.05) is 35.3 Å². The van der Waals surface area contributed by atoms with Crippen molar-refractivity contribution >= 4 is 23.2 Å². The topological polar surface area (TPSA) is 43.6 Å². The molecule has 0 aliphatic carbocycles. The van der Waals surface area contributed by atoms with Crippen LogP contribution in [0.1, 0.15) is 5.56 Å². The van der Waals surface area contributed by atoms with E-state index in [-0.39, 0.29) is 0 Å². The van der Waals surface area contributed by atoms with Crippen molar-refractivity contribution in [2.24, 2.45) is 0 Å².